The highest BCUT2D eigenvalue weighted by molar-refractivity contribution is 8.24. The van der Waals surface area contributed by atoms with Crippen LogP contribution in [-0.2, 0) is 15.3 Å². The predicted octanol–water partition coefficient (Wildman–Crippen LogP) is 4.27. The highest BCUT2D eigenvalue weighted by Crippen LogP contribution is 2.38. The van der Waals surface area contributed by atoms with E-state index < -0.39 is 5.79 Å². The number of thioether (sulfide) groups is 2. The lowest BCUT2D eigenvalue weighted by atomic mass is 10.1. The third-order valence-electron chi connectivity index (χ3n) is 4.92. The molecular weight excluding hydrogens is 482 g/mol. The molecule has 1 fully saturated rings. The van der Waals surface area contributed by atoms with E-state index in [-0.39, 0.29) is 18.1 Å². The van der Waals surface area contributed by atoms with Crippen LogP contribution in [0.2, 0.25) is 0 Å². The van der Waals surface area contributed by atoms with Crippen molar-refractivity contribution >= 4 is 35.2 Å². The zero-order valence-electron chi connectivity index (χ0n) is 18.8. The van der Waals surface area contributed by atoms with Crippen LogP contribution in [0.25, 0.3) is 0 Å². The van der Waals surface area contributed by atoms with Gasteiger partial charge in [-0.25, -0.2) is 4.98 Å². The SMILES string of the molecule is C=C(Nc1ccccn1)S/C(=C\N)Sc1ccnc(C(=O)NCC2(c3ccccc3)OCCO2)c1. The molecule has 4 N–H and O–H groups in total. The maximum absolute atomic E-state index is 12.9. The Morgan fingerprint density at radius 2 is 1.86 bits per heavy atom. The van der Waals surface area contributed by atoms with E-state index in [0.717, 1.165) is 14.7 Å². The first-order valence-corrected chi connectivity index (χ1v) is 12.4. The Bertz CT molecular complexity index is 1190. The maximum atomic E-state index is 12.9. The van der Waals surface area contributed by atoms with Crippen molar-refractivity contribution in [3.8, 4) is 0 Å². The van der Waals surface area contributed by atoms with Crippen LogP contribution in [0.4, 0.5) is 5.82 Å². The van der Waals surface area contributed by atoms with E-state index >= 15 is 0 Å². The summed E-state index contributed by atoms with van der Waals surface area (Å²) in [6, 6.07) is 18.7. The molecule has 0 saturated carbocycles. The molecule has 35 heavy (non-hydrogen) atoms. The average Bonchev–Trinajstić information content (AvgIpc) is 3.38. The zero-order valence-corrected chi connectivity index (χ0v) is 20.5. The quantitative estimate of drug-likeness (QED) is 0.346. The average molecular weight is 508 g/mol. The monoisotopic (exact) mass is 507 g/mol. The van der Waals surface area contributed by atoms with Gasteiger partial charge in [-0.1, -0.05) is 66.5 Å². The van der Waals surface area contributed by atoms with Crippen LogP contribution in [0, 0.1) is 0 Å². The lowest BCUT2D eigenvalue weighted by Crippen LogP contribution is -2.42. The molecule has 3 heterocycles. The predicted molar refractivity (Wildman–Crippen MR) is 139 cm³/mol. The Morgan fingerprint density at radius 3 is 2.57 bits per heavy atom. The van der Waals surface area contributed by atoms with Crippen molar-refractivity contribution in [2.75, 3.05) is 25.1 Å². The van der Waals surface area contributed by atoms with Crippen molar-refractivity contribution < 1.29 is 14.3 Å². The van der Waals surface area contributed by atoms with E-state index in [1.807, 2.05) is 54.6 Å². The number of hydrogen-bond acceptors (Lipinski definition) is 9. The number of rotatable bonds is 10. The first-order chi connectivity index (χ1) is 17.1. The Balaban J connectivity index is 1.37. The largest absolute Gasteiger partial charge is 0.403 e. The number of nitrogens with one attached hydrogen (secondary N) is 2. The van der Waals surface area contributed by atoms with Crippen LogP contribution in [0.1, 0.15) is 16.1 Å². The molecule has 1 aliphatic heterocycles. The molecule has 10 heteroatoms. The fourth-order valence-electron chi connectivity index (χ4n) is 3.34. The van der Waals surface area contributed by atoms with E-state index in [2.05, 4.69) is 27.2 Å². The smallest absolute Gasteiger partial charge is 0.270 e. The second kappa shape index (κ2) is 11.9. The molecule has 4 rings (SSSR count). The summed E-state index contributed by atoms with van der Waals surface area (Å²) >= 11 is 2.78. The number of amides is 1. The van der Waals surface area contributed by atoms with Crippen LogP contribution in [0.5, 0.6) is 0 Å². The van der Waals surface area contributed by atoms with Crippen LogP contribution < -0.4 is 16.4 Å². The van der Waals surface area contributed by atoms with Gasteiger partial charge in [-0.05, 0) is 24.3 Å². The third kappa shape index (κ3) is 6.64. The van der Waals surface area contributed by atoms with Crippen molar-refractivity contribution in [3.63, 3.8) is 0 Å². The Morgan fingerprint density at radius 1 is 1.09 bits per heavy atom. The minimum absolute atomic E-state index is 0.164. The number of carbonyl (C=O) groups is 1. The molecule has 1 aliphatic rings. The minimum atomic E-state index is -1.00. The molecule has 1 amide bonds. The summed E-state index contributed by atoms with van der Waals surface area (Å²) in [6.07, 6.45) is 4.79. The zero-order chi connectivity index (χ0) is 24.5. The van der Waals surface area contributed by atoms with Crippen molar-refractivity contribution in [1.29, 1.82) is 0 Å². The summed E-state index contributed by atoms with van der Waals surface area (Å²) in [5.41, 5.74) is 6.97. The number of ether oxygens (including phenoxy) is 2. The number of anilines is 1. The van der Waals surface area contributed by atoms with E-state index in [1.54, 1.807) is 18.5 Å². The van der Waals surface area contributed by atoms with Gasteiger partial charge in [0.15, 0.2) is 0 Å². The van der Waals surface area contributed by atoms with Gasteiger partial charge in [-0.15, -0.1) is 0 Å². The number of benzene rings is 1. The summed E-state index contributed by atoms with van der Waals surface area (Å²) in [5.74, 6) is -0.636. The van der Waals surface area contributed by atoms with Crippen molar-refractivity contribution in [1.82, 2.24) is 15.3 Å². The third-order valence-corrected chi connectivity index (χ3v) is 6.94. The molecule has 0 bridgehead atoms. The topological polar surface area (TPSA) is 111 Å². The molecule has 0 spiro atoms. The molecule has 1 saturated heterocycles. The summed E-state index contributed by atoms with van der Waals surface area (Å²) in [4.78, 5) is 22.2. The van der Waals surface area contributed by atoms with Crippen LogP contribution in [0.15, 0.2) is 100.0 Å². The van der Waals surface area contributed by atoms with E-state index in [1.165, 1.54) is 29.7 Å². The number of aromatic nitrogens is 2. The highest BCUT2D eigenvalue weighted by atomic mass is 32.2. The Hall–Kier alpha value is -3.31. The van der Waals surface area contributed by atoms with Crippen LogP contribution >= 0.6 is 23.5 Å². The lowest BCUT2D eigenvalue weighted by Gasteiger charge is -2.28. The first-order valence-electron chi connectivity index (χ1n) is 10.8. The molecule has 0 aliphatic carbocycles. The second-order valence-corrected chi connectivity index (χ2v) is 9.84. The normalized spacial score (nSPS) is 14.9. The molecule has 180 valence electrons. The van der Waals surface area contributed by atoms with Gasteiger partial charge < -0.3 is 25.8 Å². The molecule has 0 unspecified atom stereocenters. The van der Waals surface area contributed by atoms with Gasteiger partial charge >= 0.3 is 0 Å². The van der Waals surface area contributed by atoms with Gasteiger partial charge in [-0.3, -0.25) is 9.78 Å². The van der Waals surface area contributed by atoms with Crippen molar-refractivity contribution in [2.45, 2.75) is 10.7 Å². The van der Waals surface area contributed by atoms with Gasteiger partial charge in [0.1, 0.15) is 11.5 Å². The Kier molecular flexibility index (Phi) is 8.43. The molecule has 2 aromatic heterocycles. The maximum Gasteiger partial charge on any atom is 0.270 e. The van der Waals surface area contributed by atoms with Gasteiger partial charge in [0.05, 0.1) is 29.0 Å². The number of nitrogens with zero attached hydrogens (tertiary/aromatic N) is 2. The van der Waals surface area contributed by atoms with E-state index in [9.17, 15) is 4.79 Å². The molecule has 3 aromatic rings. The molecule has 1 aromatic carbocycles. The summed E-state index contributed by atoms with van der Waals surface area (Å²) in [6.45, 7) is 5.10. The number of hydrogen-bond donors (Lipinski definition) is 3. The minimum Gasteiger partial charge on any atom is -0.403 e. The fraction of sp³-hybridized carbons (Fsp3) is 0.160. The number of nitrogens with two attached hydrogens (primary N) is 1. The van der Waals surface area contributed by atoms with Crippen LogP contribution in [0.3, 0.4) is 0 Å². The first kappa shape index (κ1) is 24.8. The molecule has 8 nitrogen and oxygen atoms in total. The lowest BCUT2D eigenvalue weighted by molar-refractivity contribution is -0.160. The molecule has 0 atom stereocenters. The van der Waals surface area contributed by atoms with Gasteiger partial charge in [-0.2, -0.15) is 0 Å². The highest BCUT2D eigenvalue weighted by Gasteiger charge is 2.39. The fourth-order valence-corrected chi connectivity index (χ4v) is 5.16. The summed E-state index contributed by atoms with van der Waals surface area (Å²) in [5, 5.41) is 6.70. The van der Waals surface area contributed by atoms with E-state index in [0.29, 0.717) is 24.1 Å². The van der Waals surface area contributed by atoms with Crippen molar-refractivity contribution in [3.05, 3.63) is 106 Å². The van der Waals surface area contributed by atoms with Gasteiger partial charge in [0, 0.05) is 29.1 Å². The summed E-state index contributed by atoms with van der Waals surface area (Å²) in [7, 11) is 0. The van der Waals surface area contributed by atoms with E-state index in [4.69, 9.17) is 15.2 Å². The number of carbonyl (C=O) groups excluding carboxylic acids is 1. The van der Waals surface area contributed by atoms with Gasteiger partial charge in [0.2, 0.25) is 5.79 Å². The Labute approximate surface area is 212 Å². The standard InChI is InChI=1S/C25H25N5O3S2/c1-18(30-22-9-5-6-11-28-22)34-23(16-26)35-20-10-12-27-21(15-20)24(31)29-17-25(32-13-14-33-25)19-7-3-2-4-8-19/h2-12,15-16H,1,13-14,17,26H2,(H,28,30)(H,29,31)/b23-16+. The number of pyridine rings is 2. The molecule has 0 radical (unpaired) electrons. The summed E-state index contributed by atoms with van der Waals surface area (Å²) < 4.78 is 12.5. The van der Waals surface area contributed by atoms with Crippen molar-refractivity contribution in [2.24, 2.45) is 5.73 Å². The van der Waals surface area contributed by atoms with Crippen LogP contribution in [-0.4, -0.2) is 35.6 Å². The molecular formula is C25H25N5O3S2. The second-order valence-electron chi connectivity index (χ2n) is 7.33. The van der Waals surface area contributed by atoms with Gasteiger partial charge in [0.25, 0.3) is 5.91 Å².